The van der Waals surface area contributed by atoms with Crippen LogP contribution in [0.1, 0.15) is 24.8 Å². The SMILES string of the molecule is COC(=O)C1CCCCN1C(=O)C1Cc2ccccc2N1. The van der Waals surface area contributed by atoms with Crippen LogP contribution in [0.4, 0.5) is 5.69 Å². The molecule has 0 spiro atoms. The third-order valence-electron chi connectivity index (χ3n) is 4.33. The summed E-state index contributed by atoms with van der Waals surface area (Å²) < 4.78 is 4.84. The van der Waals surface area contributed by atoms with Crippen LogP contribution in [0.5, 0.6) is 0 Å². The van der Waals surface area contributed by atoms with Crippen LogP contribution in [0.2, 0.25) is 0 Å². The lowest BCUT2D eigenvalue weighted by Gasteiger charge is -2.35. The first-order chi connectivity index (χ1) is 10.2. The maximum Gasteiger partial charge on any atom is 0.328 e. The molecule has 0 radical (unpaired) electrons. The number of nitrogens with zero attached hydrogens (tertiary/aromatic N) is 1. The molecule has 5 nitrogen and oxygen atoms in total. The average Bonchev–Trinajstić information content (AvgIpc) is 2.97. The summed E-state index contributed by atoms with van der Waals surface area (Å²) in [5.74, 6) is -0.306. The summed E-state index contributed by atoms with van der Waals surface area (Å²) in [7, 11) is 1.38. The Kier molecular flexibility index (Phi) is 3.82. The molecular formula is C16H20N2O3. The highest BCUT2D eigenvalue weighted by Gasteiger charge is 2.37. The molecular weight excluding hydrogens is 268 g/mol. The molecule has 2 atom stereocenters. The zero-order valence-electron chi connectivity index (χ0n) is 12.2. The molecule has 0 saturated carbocycles. The van der Waals surface area contributed by atoms with Crippen LogP contribution in [-0.2, 0) is 20.7 Å². The number of benzene rings is 1. The van der Waals surface area contributed by atoms with E-state index in [0.29, 0.717) is 19.4 Å². The van der Waals surface area contributed by atoms with Crippen LogP contribution in [0.15, 0.2) is 24.3 Å². The number of ether oxygens (including phenoxy) is 1. The molecule has 2 aliphatic rings. The molecule has 2 unspecified atom stereocenters. The van der Waals surface area contributed by atoms with E-state index in [1.54, 1.807) is 4.90 Å². The van der Waals surface area contributed by atoms with Crippen LogP contribution in [0.3, 0.4) is 0 Å². The lowest BCUT2D eigenvalue weighted by atomic mass is 10.00. The Bertz CT molecular complexity index is 533. The van der Waals surface area contributed by atoms with Gasteiger partial charge in [-0.05, 0) is 30.9 Å². The van der Waals surface area contributed by atoms with Gasteiger partial charge in [-0.2, -0.15) is 0 Å². The summed E-state index contributed by atoms with van der Waals surface area (Å²) in [6.45, 7) is 0.632. The minimum Gasteiger partial charge on any atom is -0.467 e. The third-order valence-corrected chi connectivity index (χ3v) is 4.33. The van der Waals surface area contributed by atoms with Crippen LogP contribution >= 0.6 is 0 Å². The molecule has 0 bridgehead atoms. The van der Waals surface area contributed by atoms with Gasteiger partial charge in [-0.3, -0.25) is 4.79 Å². The van der Waals surface area contributed by atoms with Crippen molar-refractivity contribution in [2.75, 3.05) is 19.0 Å². The number of likely N-dealkylation sites (tertiary alicyclic amines) is 1. The van der Waals surface area contributed by atoms with Gasteiger partial charge < -0.3 is 15.0 Å². The summed E-state index contributed by atoms with van der Waals surface area (Å²) in [6, 6.07) is 7.25. The molecule has 1 saturated heterocycles. The number of nitrogens with one attached hydrogen (secondary N) is 1. The second-order valence-corrected chi connectivity index (χ2v) is 5.62. The molecule has 3 rings (SSSR count). The maximum absolute atomic E-state index is 12.8. The van der Waals surface area contributed by atoms with Crippen molar-refractivity contribution in [2.24, 2.45) is 0 Å². The number of fused-ring (bicyclic) bond motifs is 1. The largest absolute Gasteiger partial charge is 0.467 e. The van der Waals surface area contributed by atoms with Gasteiger partial charge in [-0.1, -0.05) is 18.2 Å². The Hall–Kier alpha value is -2.04. The molecule has 0 aromatic heterocycles. The Balaban J connectivity index is 1.74. The topological polar surface area (TPSA) is 58.6 Å². The van der Waals surface area contributed by atoms with Crippen molar-refractivity contribution in [3.8, 4) is 0 Å². The highest BCUT2D eigenvalue weighted by atomic mass is 16.5. The number of carbonyl (C=O) groups excluding carboxylic acids is 2. The van der Waals surface area contributed by atoms with Gasteiger partial charge >= 0.3 is 5.97 Å². The Morgan fingerprint density at radius 3 is 2.86 bits per heavy atom. The first-order valence-electron chi connectivity index (χ1n) is 7.43. The van der Waals surface area contributed by atoms with Crippen LogP contribution in [-0.4, -0.2) is 42.5 Å². The van der Waals surface area contributed by atoms with E-state index in [1.165, 1.54) is 7.11 Å². The molecule has 1 aromatic rings. The molecule has 1 aromatic carbocycles. The fourth-order valence-corrected chi connectivity index (χ4v) is 3.22. The first-order valence-corrected chi connectivity index (χ1v) is 7.43. The molecule has 112 valence electrons. The molecule has 2 heterocycles. The Morgan fingerprint density at radius 2 is 2.10 bits per heavy atom. The number of anilines is 1. The van der Waals surface area contributed by atoms with E-state index in [9.17, 15) is 9.59 Å². The number of esters is 1. The normalized spacial score (nSPS) is 24.1. The third kappa shape index (κ3) is 2.60. The highest BCUT2D eigenvalue weighted by molar-refractivity contribution is 5.91. The number of hydrogen-bond acceptors (Lipinski definition) is 4. The summed E-state index contributed by atoms with van der Waals surface area (Å²) in [5.41, 5.74) is 2.17. The highest BCUT2D eigenvalue weighted by Crippen LogP contribution is 2.28. The number of rotatable bonds is 2. The van der Waals surface area contributed by atoms with Crippen LogP contribution in [0.25, 0.3) is 0 Å². The van der Waals surface area contributed by atoms with Gasteiger partial charge in [-0.15, -0.1) is 0 Å². The Labute approximate surface area is 124 Å². The van der Waals surface area contributed by atoms with Gasteiger partial charge in [0.25, 0.3) is 0 Å². The second kappa shape index (κ2) is 5.76. The van der Waals surface area contributed by atoms with E-state index in [2.05, 4.69) is 5.32 Å². The zero-order chi connectivity index (χ0) is 14.8. The van der Waals surface area contributed by atoms with Gasteiger partial charge in [0.05, 0.1) is 7.11 Å². The molecule has 5 heteroatoms. The number of amides is 1. The average molecular weight is 288 g/mol. The molecule has 1 N–H and O–H groups in total. The van der Waals surface area contributed by atoms with Gasteiger partial charge in [0, 0.05) is 18.7 Å². The van der Waals surface area contributed by atoms with Crippen molar-refractivity contribution in [3.63, 3.8) is 0 Å². The fourth-order valence-electron chi connectivity index (χ4n) is 3.22. The summed E-state index contributed by atoms with van der Waals surface area (Å²) in [5, 5.41) is 3.27. The van der Waals surface area contributed by atoms with Crippen molar-refractivity contribution < 1.29 is 14.3 Å². The molecule has 2 aliphatic heterocycles. The Morgan fingerprint density at radius 1 is 1.29 bits per heavy atom. The second-order valence-electron chi connectivity index (χ2n) is 5.62. The predicted molar refractivity (Wildman–Crippen MR) is 78.9 cm³/mol. The van der Waals surface area contributed by atoms with Gasteiger partial charge in [-0.25, -0.2) is 4.79 Å². The summed E-state index contributed by atoms with van der Waals surface area (Å²) in [4.78, 5) is 26.3. The van der Waals surface area contributed by atoms with E-state index >= 15 is 0 Å². The molecule has 1 amide bonds. The molecule has 21 heavy (non-hydrogen) atoms. The molecule has 1 fully saturated rings. The van der Waals surface area contributed by atoms with Crippen molar-refractivity contribution in [1.82, 2.24) is 4.90 Å². The van der Waals surface area contributed by atoms with Crippen molar-refractivity contribution in [3.05, 3.63) is 29.8 Å². The summed E-state index contributed by atoms with van der Waals surface area (Å²) in [6.07, 6.45) is 3.28. The summed E-state index contributed by atoms with van der Waals surface area (Å²) >= 11 is 0. The quantitative estimate of drug-likeness (QED) is 0.839. The predicted octanol–water partition coefficient (Wildman–Crippen LogP) is 1.58. The number of piperidine rings is 1. The van der Waals surface area contributed by atoms with E-state index in [1.807, 2.05) is 24.3 Å². The fraction of sp³-hybridized carbons (Fsp3) is 0.500. The van der Waals surface area contributed by atoms with E-state index < -0.39 is 6.04 Å². The number of para-hydroxylation sites is 1. The van der Waals surface area contributed by atoms with Gasteiger partial charge in [0.1, 0.15) is 12.1 Å². The standard InChI is InChI=1S/C16H20N2O3/c1-21-16(20)14-8-4-5-9-18(14)15(19)13-10-11-6-2-3-7-12(11)17-13/h2-3,6-7,13-14,17H,4-5,8-10H2,1H3. The minimum absolute atomic E-state index is 0.00120. The van der Waals surface area contributed by atoms with Crippen molar-refractivity contribution in [1.29, 1.82) is 0 Å². The lowest BCUT2D eigenvalue weighted by molar-refractivity contribution is -0.154. The van der Waals surface area contributed by atoms with Crippen LogP contribution in [0, 0.1) is 0 Å². The first kappa shape index (κ1) is 13.9. The van der Waals surface area contributed by atoms with Crippen molar-refractivity contribution >= 4 is 17.6 Å². The van der Waals surface area contributed by atoms with Gasteiger partial charge in [0.2, 0.25) is 5.91 Å². The van der Waals surface area contributed by atoms with Gasteiger partial charge in [0.15, 0.2) is 0 Å². The smallest absolute Gasteiger partial charge is 0.328 e. The monoisotopic (exact) mass is 288 g/mol. The maximum atomic E-state index is 12.8. The lowest BCUT2D eigenvalue weighted by Crippen LogP contribution is -2.53. The van der Waals surface area contributed by atoms with Crippen molar-refractivity contribution in [2.45, 2.75) is 37.8 Å². The van der Waals surface area contributed by atoms with E-state index in [0.717, 1.165) is 24.1 Å². The molecule has 0 aliphatic carbocycles. The van der Waals surface area contributed by atoms with E-state index in [4.69, 9.17) is 4.74 Å². The van der Waals surface area contributed by atoms with Crippen LogP contribution < -0.4 is 5.32 Å². The number of methoxy groups -OCH3 is 1. The minimum atomic E-state index is -0.429. The zero-order valence-corrected chi connectivity index (χ0v) is 12.2. The van der Waals surface area contributed by atoms with E-state index in [-0.39, 0.29) is 17.9 Å². The number of hydrogen-bond donors (Lipinski definition) is 1. The number of carbonyl (C=O) groups is 2.